The maximum absolute atomic E-state index is 12.7. The van der Waals surface area contributed by atoms with Crippen LogP contribution in [-0.2, 0) is 4.79 Å². The Morgan fingerprint density at radius 2 is 1.96 bits per heavy atom. The number of halogens is 1. The van der Waals surface area contributed by atoms with E-state index in [1.54, 1.807) is 0 Å². The number of benzene rings is 1. The molecule has 0 unspecified atom stereocenters. The van der Waals surface area contributed by atoms with Gasteiger partial charge in [-0.2, -0.15) is 0 Å². The van der Waals surface area contributed by atoms with Crippen molar-refractivity contribution in [3.8, 4) is 0 Å². The fourth-order valence-corrected chi connectivity index (χ4v) is 5.27. The molecule has 2 saturated carbocycles. The van der Waals surface area contributed by atoms with Gasteiger partial charge in [0.05, 0.1) is 0 Å². The molecule has 0 N–H and O–H groups in total. The molecular weight excluding hydrogens is 320 g/mol. The largest absolute Gasteiger partial charge is 0.368 e. The number of hydrogen-bond donors (Lipinski definition) is 0. The average Bonchev–Trinajstić information content (AvgIpc) is 3.20. The van der Waals surface area contributed by atoms with E-state index in [1.807, 2.05) is 12.1 Å². The second-order valence-corrected chi connectivity index (χ2v) is 8.37. The van der Waals surface area contributed by atoms with E-state index in [-0.39, 0.29) is 0 Å². The Hall–Kier alpha value is -1.22. The molecule has 4 heteroatoms. The first-order valence-corrected chi connectivity index (χ1v) is 9.77. The Labute approximate surface area is 150 Å². The van der Waals surface area contributed by atoms with E-state index in [9.17, 15) is 4.79 Å². The maximum Gasteiger partial charge on any atom is 0.222 e. The van der Waals surface area contributed by atoms with Crippen LogP contribution in [0.5, 0.6) is 0 Å². The van der Waals surface area contributed by atoms with Crippen LogP contribution in [0.4, 0.5) is 5.69 Å². The number of amides is 1. The number of aryl methyl sites for hydroxylation is 1. The molecule has 1 heterocycles. The van der Waals surface area contributed by atoms with Gasteiger partial charge >= 0.3 is 0 Å². The number of rotatable bonds is 3. The summed E-state index contributed by atoms with van der Waals surface area (Å²) >= 11 is 6.15. The normalized spacial score (nSPS) is 29.3. The van der Waals surface area contributed by atoms with Gasteiger partial charge < -0.3 is 9.80 Å². The number of nitrogens with zero attached hydrogens (tertiary/aromatic N) is 2. The van der Waals surface area contributed by atoms with Crippen molar-refractivity contribution in [2.75, 3.05) is 31.1 Å². The minimum atomic E-state index is 0.384. The zero-order chi connectivity index (χ0) is 16.7. The van der Waals surface area contributed by atoms with Crippen molar-refractivity contribution in [3.63, 3.8) is 0 Å². The number of carbonyl (C=O) groups excluding carboxylic acids is 1. The lowest BCUT2D eigenvalue weighted by molar-refractivity contribution is -0.132. The predicted octanol–water partition coefficient (Wildman–Crippen LogP) is 4.12. The number of anilines is 1. The van der Waals surface area contributed by atoms with Crippen molar-refractivity contribution in [2.24, 2.45) is 17.8 Å². The third-order valence-electron chi connectivity index (χ3n) is 6.47. The van der Waals surface area contributed by atoms with Gasteiger partial charge in [0.15, 0.2) is 0 Å². The second kappa shape index (κ2) is 6.59. The highest BCUT2D eigenvalue weighted by molar-refractivity contribution is 6.30. The van der Waals surface area contributed by atoms with Gasteiger partial charge in [0.1, 0.15) is 0 Å². The number of piperazine rings is 1. The highest BCUT2D eigenvalue weighted by Crippen LogP contribution is 2.49. The molecule has 1 aromatic carbocycles. The van der Waals surface area contributed by atoms with Crippen LogP contribution < -0.4 is 4.90 Å². The Morgan fingerprint density at radius 1 is 1.17 bits per heavy atom. The molecule has 3 nitrogen and oxygen atoms in total. The summed E-state index contributed by atoms with van der Waals surface area (Å²) in [6, 6.07) is 6.06. The van der Waals surface area contributed by atoms with Crippen molar-refractivity contribution in [1.82, 2.24) is 4.90 Å². The molecule has 2 aliphatic carbocycles. The van der Waals surface area contributed by atoms with Crippen LogP contribution in [-0.4, -0.2) is 37.0 Å². The molecule has 0 radical (unpaired) electrons. The molecule has 0 aromatic heterocycles. The number of carbonyl (C=O) groups is 1. The summed E-state index contributed by atoms with van der Waals surface area (Å²) in [6.07, 6.45) is 6.26. The molecular formula is C20H27ClN2O. The highest BCUT2D eigenvalue weighted by Gasteiger charge is 2.40. The standard InChI is InChI=1S/C20H27ClN2O/c1-14-2-5-18(21)13-19(14)22-6-8-23(9-7-22)20(24)12-17-11-15-3-4-16(17)10-15/h2,5,13,15-17H,3-4,6-12H2,1H3/t15-,16+,17+/m0/s1. The first kappa shape index (κ1) is 16.3. The molecule has 3 fully saturated rings. The summed E-state index contributed by atoms with van der Waals surface area (Å²) in [5.41, 5.74) is 2.46. The summed E-state index contributed by atoms with van der Waals surface area (Å²) in [6.45, 7) is 5.61. The van der Waals surface area contributed by atoms with Crippen molar-refractivity contribution in [2.45, 2.75) is 39.0 Å². The van der Waals surface area contributed by atoms with Crippen molar-refractivity contribution in [1.29, 1.82) is 0 Å². The minimum absolute atomic E-state index is 0.384. The molecule has 24 heavy (non-hydrogen) atoms. The van der Waals surface area contributed by atoms with Crippen LogP contribution in [0.25, 0.3) is 0 Å². The molecule has 1 aliphatic heterocycles. The third kappa shape index (κ3) is 3.15. The van der Waals surface area contributed by atoms with Gasteiger partial charge in [0.2, 0.25) is 5.91 Å². The van der Waals surface area contributed by atoms with E-state index in [4.69, 9.17) is 11.6 Å². The summed E-state index contributed by atoms with van der Waals surface area (Å²) < 4.78 is 0. The summed E-state index contributed by atoms with van der Waals surface area (Å²) in [5.74, 6) is 2.82. The van der Waals surface area contributed by atoms with E-state index >= 15 is 0 Å². The molecule has 1 amide bonds. The quantitative estimate of drug-likeness (QED) is 0.821. The van der Waals surface area contributed by atoms with E-state index in [0.717, 1.165) is 49.5 Å². The summed E-state index contributed by atoms with van der Waals surface area (Å²) in [7, 11) is 0. The average molecular weight is 347 g/mol. The Morgan fingerprint density at radius 3 is 2.62 bits per heavy atom. The van der Waals surface area contributed by atoms with Gasteiger partial charge in [-0.1, -0.05) is 24.1 Å². The van der Waals surface area contributed by atoms with Gasteiger partial charge in [0.25, 0.3) is 0 Å². The molecule has 1 aromatic rings. The van der Waals surface area contributed by atoms with Gasteiger partial charge in [0, 0.05) is 43.3 Å². The number of fused-ring (bicyclic) bond motifs is 2. The van der Waals surface area contributed by atoms with Crippen LogP contribution in [0, 0.1) is 24.7 Å². The zero-order valence-corrected chi connectivity index (χ0v) is 15.3. The SMILES string of the molecule is Cc1ccc(Cl)cc1N1CCN(C(=O)C[C@H]2C[C@H]3CC[C@@H]2C3)CC1. The molecule has 1 saturated heterocycles. The van der Waals surface area contributed by atoms with Crippen molar-refractivity contribution < 1.29 is 4.79 Å². The van der Waals surface area contributed by atoms with E-state index < -0.39 is 0 Å². The maximum atomic E-state index is 12.7. The van der Waals surface area contributed by atoms with Crippen molar-refractivity contribution in [3.05, 3.63) is 28.8 Å². The van der Waals surface area contributed by atoms with Gasteiger partial charge in [-0.15, -0.1) is 0 Å². The van der Waals surface area contributed by atoms with Crippen LogP contribution in [0.2, 0.25) is 5.02 Å². The monoisotopic (exact) mass is 346 g/mol. The van der Waals surface area contributed by atoms with Crippen LogP contribution >= 0.6 is 11.6 Å². The van der Waals surface area contributed by atoms with E-state index in [0.29, 0.717) is 11.8 Å². The fourth-order valence-electron chi connectivity index (χ4n) is 5.10. The fraction of sp³-hybridized carbons (Fsp3) is 0.650. The third-order valence-corrected chi connectivity index (χ3v) is 6.70. The lowest BCUT2D eigenvalue weighted by Crippen LogP contribution is -2.49. The van der Waals surface area contributed by atoms with Crippen LogP contribution in [0.15, 0.2) is 18.2 Å². The zero-order valence-electron chi connectivity index (χ0n) is 14.5. The van der Waals surface area contributed by atoms with E-state index in [1.165, 1.54) is 36.9 Å². The first-order chi connectivity index (χ1) is 11.6. The molecule has 3 aliphatic rings. The molecule has 0 spiro atoms. The van der Waals surface area contributed by atoms with E-state index in [2.05, 4.69) is 22.8 Å². The number of hydrogen-bond acceptors (Lipinski definition) is 2. The Balaban J connectivity index is 1.32. The molecule has 2 bridgehead atoms. The van der Waals surface area contributed by atoms with Crippen LogP contribution in [0.3, 0.4) is 0 Å². The van der Waals surface area contributed by atoms with Gasteiger partial charge in [-0.25, -0.2) is 0 Å². The van der Waals surface area contributed by atoms with Gasteiger partial charge in [-0.3, -0.25) is 4.79 Å². The topological polar surface area (TPSA) is 23.6 Å². The Kier molecular flexibility index (Phi) is 4.46. The second-order valence-electron chi connectivity index (χ2n) is 7.94. The predicted molar refractivity (Wildman–Crippen MR) is 98.5 cm³/mol. The lowest BCUT2D eigenvalue weighted by atomic mass is 9.86. The molecule has 4 rings (SSSR count). The summed E-state index contributed by atoms with van der Waals surface area (Å²) in [5, 5.41) is 0.783. The lowest BCUT2D eigenvalue weighted by Gasteiger charge is -2.37. The molecule has 130 valence electrons. The highest BCUT2D eigenvalue weighted by atomic mass is 35.5. The molecule has 3 atom stereocenters. The minimum Gasteiger partial charge on any atom is -0.368 e. The Bertz CT molecular complexity index is 624. The van der Waals surface area contributed by atoms with Crippen LogP contribution in [0.1, 0.15) is 37.7 Å². The van der Waals surface area contributed by atoms with Gasteiger partial charge in [-0.05, 0) is 61.6 Å². The van der Waals surface area contributed by atoms with Crippen molar-refractivity contribution >= 4 is 23.2 Å². The first-order valence-electron chi connectivity index (χ1n) is 9.39. The summed E-state index contributed by atoms with van der Waals surface area (Å²) in [4.78, 5) is 17.1. The smallest absolute Gasteiger partial charge is 0.222 e.